The summed E-state index contributed by atoms with van der Waals surface area (Å²) in [7, 11) is 1.24. The molecular formula is C32H34O6S. The lowest BCUT2D eigenvalue weighted by Crippen LogP contribution is -2.15. The van der Waals surface area contributed by atoms with E-state index in [9.17, 15) is 18.9 Å². The van der Waals surface area contributed by atoms with Crippen LogP contribution in [0.5, 0.6) is 5.75 Å². The molecule has 0 spiro atoms. The van der Waals surface area contributed by atoms with Gasteiger partial charge in [-0.25, -0.2) is 4.21 Å². The number of allylic oxidation sites excluding steroid dienone is 5. The van der Waals surface area contributed by atoms with Crippen LogP contribution in [0.2, 0.25) is 0 Å². The lowest BCUT2D eigenvalue weighted by Gasteiger charge is -2.14. The zero-order valence-electron chi connectivity index (χ0n) is 22.4. The molecule has 2 aromatic carbocycles. The molecule has 6 nitrogen and oxygen atoms in total. The molecule has 0 saturated heterocycles. The minimum Gasteiger partial charge on any atom is -0.497 e. The quantitative estimate of drug-likeness (QED) is 0.149. The zero-order valence-corrected chi connectivity index (χ0v) is 23.2. The van der Waals surface area contributed by atoms with E-state index >= 15 is 0 Å². The molecule has 204 valence electrons. The lowest BCUT2D eigenvalue weighted by molar-refractivity contribution is -0.140. The van der Waals surface area contributed by atoms with Gasteiger partial charge in [-0.15, -0.1) is 0 Å². The predicted octanol–water partition coefficient (Wildman–Crippen LogP) is 5.42. The van der Waals surface area contributed by atoms with Crippen LogP contribution < -0.4 is 4.74 Å². The Kier molecular flexibility index (Phi) is 9.91. The van der Waals surface area contributed by atoms with Gasteiger partial charge in [-0.05, 0) is 66.3 Å². The number of carbonyl (C=O) groups excluding carboxylic acids is 2. The molecule has 0 radical (unpaired) electrons. The van der Waals surface area contributed by atoms with Gasteiger partial charge in [0, 0.05) is 24.3 Å². The first kappa shape index (κ1) is 28.5. The van der Waals surface area contributed by atoms with Crippen molar-refractivity contribution in [3.8, 4) is 17.6 Å². The molecule has 0 aliphatic heterocycles. The Hall–Kier alpha value is -3.47. The Morgan fingerprint density at radius 3 is 2.74 bits per heavy atom. The number of methoxy groups -OCH3 is 2. The number of esters is 1. The highest BCUT2D eigenvalue weighted by atomic mass is 32.2. The number of benzene rings is 2. The highest BCUT2D eigenvalue weighted by Gasteiger charge is 2.33. The van der Waals surface area contributed by atoms with E-state index in [-0.39, 0.29) is 29.0 Å². The summed E-state index contributed by atoms with van der Waals surface area (Å²) in [6.07, 6.45) is 11.9. The number of ketones is 1. The molecule has 2 aliphatic carbocycles. The number of rotatable bonds is 9. The van der Waals surface area contributed by atoms with E-state index in [4.69, 9.17) is 4.74 Å². The van der Waals surface area contributed by atoms with E-state index in [0.717, 1.165) is 36.5 Å². The van der Waals surface area contributed by atoms with Crippen LogP contribution in [0.3, 0.4) is 0 Å². The van der Waals surface area contributed by atoms with E-state index in [1.54, 1.807) is 31.4 Å². The molecule has 0 amide bonds. The molecule has 4 rings (SSSR count). The molecular weight excluding hydrogens is 512 g/mol. The molecule has 3 atom stereocenters. The van der Waals surface area contributed by atoms with Crippen molar-refractivity contribution in [2.75, 3.05) is 14.2 Å². The number of ether oxygens (including phenoxy) is 2. The average Bonchev–Trinajstić information content (AvgIpc) is 3.61. The van der Waals surface area contributed by atoms with E-state index < -0.39 is 22.8 Å². The lowest BCUT2D eigenvalue weighted by atomic mass is 9.96. The van der Waals surface area contributed by atoms with E-state index in [0.29, 0.717) is 29.1 Å². The molecule has 3 unspecified atom stereocenters. The van der Waals surface area contributed by atoms with Crippen molar-refractivity contribution in [3.05, 3.63) is 71.2 Å². The molecule has 1 fully saturated rings. The molecule has 1 N–H and O–H groups in total. The van der Waals surface area contributed by atoms with Gasteiger partial charge in [-0.2, -0.15) is 0 Å². The second-order valence-corrected chi connectivity index (χ2v) is 11.2. The van der Waals surface area contributed by atoms with Gasteiger partial charge in [0.1, 0.15) is 5.75 Å². The molecule has 7 heteroatoms. The van der Waals surface area contributed by atoms with Crippen molar-refractivity contribution < 1.29 is 28.4 Å². The fraction of sp³-hybridized carbons (Fsp3) is 0.375. The summed E-state index contributed by atoms with van der Waals surface area (Å²) in [5.41, 5.74) is 0.426. The standard InChI is InChI=1S/C32H34O6S/c1-37-25-17-18-26-23(20-25)12-9-14-29(26)39(36)30-21-24(16-19-28(33)22-10-7-8-11-22)27(32(30)35)13-5-3-4-6-15-31(34)38-2/h9,12-14,16-22,24,28,33H,4,6-8,10-11,15H2,1-2H3/b19-16+,27-13-. The molecule has 2 aromatic rings. The normalized spacial score (nSPS) is 20.2. The van der Waals surface area contributed by atoms with Crippen LogP contribution in [0.1, 0.15) is 44.9 Å². The Bertz CT molecular complexity index is 1400. The smallest absolute Gasteiger partial charge is 0.305 e. The number of Topliss-reactive ketones (excluding diaryl/α,β-unsaturated/α-hetero) is 1. The van der Waals surface area contributed by atoms with Gasteiger partial charge in [0.2, 0.25) is 0 Å². The Balaban J connectivity index is 1.61. The number of aliphatic hydroxyl groups is 1. The number of aliphatic hydroxyl groups excluding tert-OH is 1. The van der Waals surface area contributed by atoms with Crippen LogP contribution in [-0.4, -0.2) is 41.4 Å². The third-order valence-corrected chi connectivity index (χ3v) is 8.74. The van der Waals surface area contributed by atoms with Crippen LogP contribution in [0.4, 0.5) is 0 Å². The Morgan fingerprint density at radius 2 is 2.00 bits per heavy atom. The summed E-state index contributed by atoms with van der Waals surface area (Å²) in [5, 5.41) is 12.3. The first-order valence-electron chi connectivity index (χ1n) is 13.3. The molecule has 0 heterocycles. The van der Waals surface area contributed by atoms with Crippen molar-refractivity contribution in [1.29, 1.82) is 0 Å². The second-order valence-electron chi connectivity index (χ2n) is 9.77. The number of hydrogen-bond acceptors (Lipinski definition) is 6. The summed E-state index contributed by atoms with van der Waals surface area (Å²) in [6.45, 7) is 0. The average molecular weight is 547 g/mol. The van der Waals surface area contributed by atoms with Gasteiger partial charge in [-0.1, -0.05) is 55.0 Å². The first-order valence-corrected chi connectivity index (χ1v) is 14.4. The van der Waals surface area contributed by atoms with Gasteiger partial charge in [0.05, 0.1) is 40.9 Å². The topological polar surface area (TPSA) is 89.9 Å². The van der Waals surface area contributed by atoms with Crippen LogP contribution in [0.15, 0.2) is 76.1 Å². The molecule has 39 heavy (non-hydrogen) atoms. The summed E-state index contributed by atoms with van der Waals surface area (Å²) in [4.78, 5) is 25.6. The van der Waals surface area contributed by atoms with Crippen LogP contribution in [-0.2, 0) is 25.1 Å². The fourth-order valence-electron chi connectivity index (χ4n) is 5.04. The maximum absolute atomic E-state index is 13.8. The Morgan fingerprint density at radius 1 is 1.21 bits per heavy atom. The minimum atomic E-state index is -1.71. The second kappa shape index (κ2) is 13.5. The SMILES string of the molecule is COC(=O)CCCC#C/C=C1\C(=O)C(S(=O)c2cccc3cc(OC)ccc23)=CC1/C=C/C(O)C1CCCC1. The third kappa shape index (κ3) is 6.95. The molecule has 0 aromatic heterocycles. The van der Waals surface area contributed by atoms with Crippen LogP contribution in [0.25, 0.3) is 10.8 Å². The summed E-state index contributed by atoms with van der Waals surface area (Å²) >= 11 is 0. The minimum absolute atomic E-state index is 0.210. The van der Waals surface area contributed by atoms with Gasteiger partial charge in [0.25, 0.3) is 0 Å². The van der Waals surface area contributed by atoms with Gasteiger partial charge in [0.15, 0.2) is 5.78 Å². The summed E-state index contributed by atoms with van der Waals surface area (Å²) < 4.78 is 23.7. The highest BCUT2D eigenvalue weighted by Crippen LogP contribution is 2.35. The van der Waals surface area contributed by atoms with Gasteiger partial charge < -0.3 is 14.6 Å². The number of fused-ring (bicyclic) bond motifs is 1. The molecule has 0 bridgehead atoms. The van der Waals surface area contributed by atoms with E-state index in [1.807, 2.05) is 36.4 Å². The van der Waals surface area contributed by atoms with E-state index in [1.165, 1.54) is 7.11 Å². The van der Waals surface area contributed by atoms with Gasteiger partial charge in [-0.3, -0.25) is 9.59 Å². The van der Waals surface area contributed by atoms with Crippen molar-refractivity contribution in [2.24, 2.45) is 11.8 Å². The van der Waals surface area contributed by atoms with Crippen LogP contribution in [0, 0.1) is 23.7 Å². The predicted molar refractivity (Wildman–Crippen MR) is 152 cm³/mol. The maximum atomic E-state index is 13.8. The maximum Gasteiger partial charge on any atom is 0.305 e. The number of hydrogen-bond donors (Lipinski definition) is 1. The highest BCUT2D eigenvalue weighted by molar-refractivity contribution is 7.90. The van der Waals surface area contributed by atoms with Crippen molar-refractivity contribution in [3.63, 3.8) is 0 Å². The van der Waals surface area contributed by atoms with Crippen molar-refractivity contribution in [2.45, 2.75) is 55.9 Å². The summed E-state index contributed by atoms with van der Waals surface area (Å²) in [6, 6.07) is 11.0. The fourth-order valence-corrected chi connectivity index (χ4v) is 6.42. The number of unbranched alkanes of at least 4 members (excludes halogenated alkanes) is 1. The largest absolute Gasteiger partial charge is 0.497 e. The Labute approximate surface area is 232 Å². The third-order valence-electron chi connectivity index (χ3n) is 7.26. The van der Waals surface area contributed by atoms with E-state index in [2.05, 4.69) is 16.6 Å². The van der Waals surface area contributed by atoms with Crippen LogP contribution >= 0.6 is 0 Å². The first-order chi connectivity index (χ1) is 18.9. The van der Waals surface area contributed by atoms with Crippen molar-refractivity contribution >= 4 is 33.3 Å². The van der Waals surface area contributed by atoms with Gasteiger partial charge >= 0.3 is 5.97 Å². The number of carbonyl (C=O) groups is 2. The molecule has 2 aliphatic rings. The summed E-state index contributed by atoms with van der Waals surface area (Å²) in [5.74, 6) is 5.81. The van der Waals surface area contributed by atoms with Crippen molar-refractivity contribution in [1.82, 2.24) is 0 Å². The monoisotopic (exact) mass is 546 g/mol. The zero-order chi connectivity index (χ0) is 27.8. The molecule has 1 saturated carbocycles.